The summed E-state index contributed by atoms with van der Waals surface area (Å²) in [5.41, 5.74) is 1.50. The Morgan fingerprint density at radius 2 is 2.25 bits per heavy atom. The number of aryl methyl sites for hydroxylation is 1. The maximum atomic E-state index is 10.5. The molecule has 0 amide bonds. The number of carbonyl (C=O) groups is 1. The Morgan fingerprint density at radius 1 is 1.50 bits per heavy atom. The number of hydrogen-bond donors (Lipinski definition) is 0. The first-order valence-corrected chi connectivity index (χ1v) is 5.68. The lowest BCUT2D eigenvalue weighted by Crippen LogP contribution is -2.02. The number of rotatable bonds is 6. The first-order valence-electron chi connectivity index (χ1n) is 5.68. The van der Waals surface area contributed by atoms with Crippen molar-refractivity contribution in [1.29, 1.82) is 0 Å². The highest BCUT2D eigenvalue weighted by Gasteiger charge is 2.02. The summed E-state index contributed by atoms with van der Waals surface area (Å²) in [4.78, 5) is 14.6. The molecule has 0 aromatic carbocycles. The second-order valence-electron chi connectivity index (χ2n) is 4.39. The summed E-state index contributed by atoms with van der Waals surface area (Å²) in [6, 6.07) is 1.79. The van der Waals surface area contributed by atoms with Gasteiger partial charge in [-0.3, -0.25) is 4.79 Å². The summed E-state index contributed by atoms with van der Waals surface area (Å²) in [6.45, 7) is 6.98. The number of aromatic nitrogens is 1. The molecule has 0 bridgehead atoms. The van der Waals surface area contributed by atoms with E-state index in [9.17, 15) is 4.79 Å². The third-order valence-electron chi connectivity index (χ3n) is 2.35. The van der Waals surface area contributed by atoms with Crippen LogP contribution in [-0.4, -0.2) is 17.9 Å². The lowest BCUT2D eigenvalue weighted by atomic mass is 10.1. The second-order valence-corrected chi connectivity index (χ2v) is 4.39. The van der Waals surface area contributed by atoms with Crippen molar-refractivity contribution in [3.8, 4) is 5.88 Å². The van der Waals surface area contributed by atoms with E-state index in [-0.39, 0.29) is 0 Å². The highest BCUT2D eigenvalue weighted by Crippen LogP contribution is 2.15. The van der Waals surface area contributed by atoms with Crippen molar-refractivity contribution < 1.29 is 9.53 Å². The van der Waals surface area contributed by atoms with Gasteiger partial charge in [0.1, 0.15) is 0 Å². The van der Waals surface area contributed by atoms with Crippen molar-refractivity contribution in [1.82, 2.24) is 4.98 Å². The first kappa shape index (κ1) is 12.7. The number of nitrogens with zero attached hydrogens (tertiary/aromatic N) is 1. The summed E-state index contributed by atoms with van der Waals surface area (Å²) in [7, 11) is 0. The Bertz CT molecular complexity index is 348. The van der Waals surface area contributed by atoms with E-state index in [0.29, 0.717) is 24.0 Å². The molecule has 0 saturated carbocycles. The molecule has 88 valence electrons. The number of pyridine rings is 1. The summed E-state index contributed by atoms with van der Waals surface area (Å²) in [5.74, 6) is 1.34. The van der Waals surface area contributed by atoms with E-state index in [1.54, 1.807) is 6.07 Å². The molecule has 0 radical (unpaired) electrons. The lowest BCUT2D eigenvalue weighted by Gasteiger charge is -2.09. The van der Waals surface area contributed by atoms with Crippen molar-refractivity contribution in [2.45, 2.75) is 33.6 Å². The van der Waals surface area contributed by atoms with Crippen molar-refractivity contribution in [3.05, 3.63) is 23.4 Å². The van der Waals surface area contributed by atoms with Crippen LogP contribution in [0, 0.1) is 12.8 Å². The van der Waals surface area contributed by atoms with E-state index in [2.05, 4.69) is 18.8 Å². The largest absolute Gasteiger partial charge is 0.477 e. The van der Waals surface area contributed by atoms with Crippen LogP contribution in [-0.2, 0) is 0 Å². The predicted octanol–water partition coefficient (Wildman–Crippen LogP) is 3.02. The van der Waals surface area contributed by atoms with E-state index < -0.39 is 0 Å². The van der Waals surface area contributed by atoms with Gasteiger partial charge in [0.05, 0.1) is 6.61 Å². The molecular formula is C13H19NO2. The molecule has 3 heteroatoms. The number of hydrogen-bond acceptors (Lipinski definition) is 3. The molecule has 1 aromatic rings. The minimum Gasteiger partial charge on any atom is -0.477 e. The summed E-state index contributed by atoms with van der Waals surface area (Å²) in [5, 5.41) is 0. The fourth-order valence-corrected chi connectivity index (χ4v) is 1.46. The van der Waals surface area contributed by atoms with E-state index in [1.807, 2.05) is 6.92 Å². The Kier molecular flexibility index (Phi) is 4.96. The minimum atomic E-state index is 0.590. The van der Waals surface area contributed by atoms with E-state index in [4.69, 9.17) is 4.74 Å². The molecule has 1 aromatic heterocycles. The summed E-state index contributed by atoms with van der Waals surface area (Å²) < 4.78 is 5.56. The number of carbonyl (C=O) groups excluding carboxylic acids is 1. The lowest BCUT2D eigenvalue weighted by molar-refractivity contribution is 0.112. The smallest absolute Gasteiger partial charge is 0.216 e. The number of ether oxygens (including phenoxy) is 1. The molecule has 0 atom stereocenters. The molecule has 1 heterocycles. The molecule has 0 N–H and O–H groups in total. The van der Waals surface area contributed by atoms with Gasteiger partial charge in [-0.2, -0.15) is 0 Å². The molecule has 1 rings (SSSR count). The van der Waals surface area contributed by atoms with Gasteiger partial charge in [-0.05, 0) is 31.7 Å². The average molecular weight is 221 g/mol. The van der Waals surface area contributed by atoms with Gasteiger partial charge in [0, 0.05) is 17.3 Å². The van der Waals surface area contributed by atoms with Gasteiger partial charge in [-0.15, -0.1) is 0 Å². The summed E-state index contributed by atoms with van der Waals surface area (Å²) >= 11 is 0. The van der Waals surface area contributed by atoms with Gasteiger partial charge in [0.25, 0.3) is 0 Å². The molecule has 0 saturated heterocycles. The molecule has 0 spiro atoms. The van der Waals surface area contributed by atoms with Crippen LogP contribution < -0.4 is 4.74 Å². The van der Waals surface area contributed by atoms with E-state index in [1.165, 1.54) is 6.20 Å². The second kappa shape index (κ2) is 6.26. The maximum Gasteiger partial charge on any atom is 0.216 e. The average Bonchev–Trinajstić information content (AvgIpc) is 2.25. The monoisotopic (exact) mass is 221 g/mol. The number of aldehydes is 1. The van der Waals surface area contributed by atoms with E-state index >= 15 is 0 Å². The van der Waals surface area contributed by atoms with Gasteiger partial charge in [0.2, 0.25) is 5.88 Å². The zero-order valence-electron chi connectivity index (χ0n) is 10.2. The van der Waals surface area contributed by atoms with Crippen LogP contribution in [0.2, 0.25) is 0 Å². The normalized spacial score (nSPS) is 10.5. The van der Waals surface area contributed by atoms with Gasteiger partial charge >= 0.3 is 0 Å². The van der Waals surface area contributed by atoms with Crippen LogP contribution >= 0.6 is 0 Å². The van der Waals surface area contributed by atoms with Gasteiger partial charge < -0.3 is 4.74 Å². The zero-order chi connectivity index (χ0) is 12.0. The Labute approximate surface area is 96.8 Å². The van der Waals surface area contributed by atoms with Gasteiger partial charge in [0.15, 0.2) is 6.29 Å². The standard InChI is InChI=1S/C13H19NO2/c1-10(2)5-4-6-16-13-11(3)7-12(9-15)8-14-13/h7-10H,4-6H2,1-3H3. The van der Waals surface area contributed by atoms with Gasteiger partial charge in [-0.25, -0.2) is 4.98 Å². The predicted molar refractivity (Wildman–Crippen MR) is 63.9 cm³/mol. The SMILES string of the molecule is Cc1cc(C=O)cnc1OCCCC(C)C. The fourth-order valence-electron chi connectivity index (χ4n) is 1.46. The molecule has 0 aliphatic carbocycles. The van der Waals surface area contributed by atoms with Crippen molar-refractivity contribution >= 4 is 6.29 Å². The van der Waals surface area contributed by atoms with Crippen molar-refractivity contribution in [2.24, 2.45) is 5.92 Å². The third kappa shape index (κ3) is 4.01. The van der Waals surface area contributed by atoms with Crippen LogP contribution in [0.1, 0.15) is 42.6 Å². The van der Waals surface area contributed by atoms with Crippen LogP contribution in [0.25, 0.3) is 0 Å². The van der Waals surface area contributed by atoms with Crippen LogP contribution in [0.5, 0.6) is 5.88 Å². The molecule has 0 unspecified atom stereocenters. The van der Waals surface area contributed by atoms with Gasteiger partial charge in [-0.1, -0.05) is 13.8 Å². The molecular weight excluding hydrogens is 202 g/mol. The molecule has 0 fully saturated rings. The van der Waals surface area contributed by atoms with Crippen molar-refractivity contribution in [2.75, 3.05) is 6.61 Å². The summed E-state index contributed by atoms with van der Waals surface area (Å²) in [6.07, 6.45) is 4.53. The minimum absolute atomic E-state index is 0.590. The zero-order valence-corrected chi connectivity index (χ0v) is 10.2. The topological polar surface area (TPSA) is 39.2 Å². The third-order valence-corrected chi connectivity index (χ3v) is 2.35. The van der Waals surface area contributed by atoms with Crippen molar-refractivity contribution in [3.63, 3.8) is 0 Å². The maximum absolute atomic E-state index is 10.5. The van der Waals surface area contributed by atoms with Crippen LogP contribution in [0.4, 0.5) is 0 Å². The Balaban J connectivity index is 2.45. The molecule has 16 heavy (non-hydrogen) atoms. The van der Waals surface area contributed by atoms with Crippen LogP contribution in [0.15, 0.2) is 12.3 Å². The first-order chi connectivity index (χ1) is 7.63. The Morgan fingerprint density at radius 3 is 2.81 bits per heavy atom. The fraction of sp³-hybridized carbons (Fsp3) is 0.538. The Hall–Kier alpha value is -1.38. The molecule has 0 aliphatic rings. The van der Waals surface area contributed by atoms with Crippen LogP contribution in [0.3, 0.4) is 0 Å². The highest BCUT2D eigenvalue weighted by atomic mass is 16.5. The molecule has 0 aliphatic heterocycles. The highest BCUT2D eigenvalue weighted by molar-refractivity contribution is 5.74. The molecule has 3 nitrogen and oxygen atoms in total. The quantitative estimate of drug-likeness (QED) is 0.547. The van der Waals surface area contributed by atoms with E-state index in [0.717, 1.165) is 24.7 Å².